The van der Waals surface area contributed by atoms with Crippen molar-refractivity contribution in [2.45, 2.75) is 463 Å². The first-order valence-electron chi connectivity index (χ1n) is 40.9. The van der Waals surface area contributed by atoms with Crippen LogP contribution in [0.4, 0.5) is 0 Å². The summed E-state index contributed by atoms with van der Waals surface area (Å²) in [5.74, 6) is -0.0505. The van der Waals surface area contributed by atoms with Crippen molar-refractivity contribution in [2.75, 3.05) is 13.2 Å². The maximum Gasteiger partial charge on any atom is 0.305 e. The molecule has 0 saturated carbocycles. The molecule has 6 heteroatoms. The lowest BCUT2D eigenvalue weighted by Gasteiger charge is -2.20. The fourth-order valence-corrected chi connectivity index (χ4v) is 12.8. The van der Waals surface area contributed by atoms with Crippen molar-refractivity contribution in [3.05, 3.63) is 48.6 Å². The van der Waals surface area contributed by atoms with Crippen LogP contribution in [0.2, 0.25) is 0 Å². The van der Waals surface area contributed by atoms with Crippen molar-refractivity contribution in [2.24, 2.45) is 0 Å². The zero-order valence-corrected chi connectivity index (χ0v) is 60.9. The molecule has 0 aromatic rings. The Hall–Kier alpha value is -2.18. The van der Waals surface area contributed by atoms with Crippen LogP contribution in [-0.2, 0) is 14.3 Å². The molecule has 0 aliphatic heterocycles. The average Bonchev–Trinajstić information content (AvgIpc) is 3.72. The van der Waals surface area contributed by atoms with Gasteiger partial charge < -0.3 is 20.3 Å². The summed E-state index contributed by atoms with van der Waals surface area (Å²) in [4.78, 5) is 24.7. The molecule has 0 fully saturated rings. The molecule has 530 valence electrons. The molecule has 0 aromatic carbocycles. The molecule has 0 bridgehead atoms. The minimum Gasteiger partial charge on any atom is -0.466 e. The number of aliphatic hydroxyl groups excluding tert-OH is 2. The zero-order chi connectivity index (χ0) is 64.9. The van der Waals surface area contributed by atoms with Gasteiger partial charge in [-0.25, -0.2) is 0 Å². The number of hydrogen-bond acceptors (Lipinski definition) is 5. The van der Waals surface area contributed by atoms with E-state index in [2.05, 4.69) is 55.6 Å². The normalized spacial score (nSPS) is 12.7. The third kappa shape index (κ3) is 74.9. The van der Waals surface area contributed by atoms with Crippen LogP contribution in [0.3, 0.4) is 0 Å². The Balaban J connectivity index is 3.39. The predicted octanol–water partition coefficient (Wildman–Crippen LogP) is 27.2. The number of aliphatic hydroxyl groups is 2. The average molecular weight is 1260 g/mol. The van der Waals surface area contributed by atoms with E-state index in [0.717, 1.165) is 51.4 Å². The second-order valence-electron chi connectivity index (χ2n) is 28.1. The van der Waals surface area contributed by atoms with Gasteiger partial charge in [0.25, 0.3) is 0 Å². The highest BCUT2D eigenvalue weighted by atomic mass is 16.5. The first-order chi connectivity index (χ1) is 44.5. The zero-order valence-electron chi connectivity index (χ0n) is 60.9. The number of ether oxygens (including phenoxy) is 1. The Morgan fingerprint density at radius 3 is 0.867 bits per heavy atom. The highest BCUT2D eigenvalue weighted by Crippen LogP contribution is 2.20. The van der Waals surface area contributed by atoms with Crippen molar-refractivity contribution in [1.82, 2.24) is 5.32 Å². The molecule has 3 N–H and O–H groups in total. The molecule has 2 unspecified atom stereocenters. The lowest BCUT2D eigenvalue weighted by Crippen LogP contribution is -2.45. The molecule has 0 aliphatic rings. The quantitative estimate of drug-likeness (QED) is 0.0320. The standard InChI is InChI=1S/C84H159NO5/c1-3-5-7-9-11-13-15-17-19-21-23-24-25-35-38-41-44-48-52-56-60-64-68-72-76-82(87)81(80-86)85-83(88)77-73-69-65-61-57-53-49-45-42-39-36-33-31-29-27-26-28-30-32-34-37-40-43-47-51-55-59-63-67-71-75-79-90-84(89)78-74-70-66-62-58-54-50-46-22-20-18-16-14-12-10-8-6-4-2/h14,16,20,22,28,30,72,76,81-82,86-87H,3-13,15,17-19,21,23-27,29,31-71,73-75,77-80H2,1-2H3,(H,85,88)/b16-14-,22-20-,30-28-,76-72+. The van der Waals surface area contributed by atoms with Gasteiger partial charge in [0.15, 0.2) is 0 Å². The van der Waals surface area contributed by atoms with E-state index >= 15 is 0 Å². The summed E-state index contributed by atoms with van der Waals surface area (Å²) in [7, 11) is 0. The fourth-order valence-electron chi connectivity index (χ4n) is 12.8. The van der Waals surface area contributed by atoms with Crippen molar-refractivity contribution in [1.29, 1.82) is 0 Å². The Morgan fingerprint density at radius 2 is 0.556 bits per heavy atom. The molecule has 1 amide bonds. The van der Waals surface area contributed by atoms with Crippen LogP contribution < -0.4 is 5.32 Å². The first kappa shape index (κ1) is 87.8. The third-order valence-corrected chi connectivity index (χ3v) is 19.1. The number of unbranched alkanes of at least 4 members (excludes halogenated alkanes) is 60. The second-order valence-corrected chi connectivity index (χ2v) is 28.1. The Morgan fingerprint density at radius 1 is 0.311 bits per heavy atom. The summed E-state index contributed by atoms with van der Waals surface area (Å²) in [5, 5.41) is 23.3. The predicted molar refractivity (Wildman–Crippen MR) is 398 cm³/mol. The van der Waals surface area contributed by atoms with Gasteiger partial charge in [-0.05, 0) is 89.9 Å². The van der Waals surface area contributed by atoms with Crippen LogP contribution in [0.5, 0.6) is 0 Å². The van der Waals surface area contributed by atoms with E-state index in [4.69, 9.17) is 4.74 Å². The number of allylic oxidation sites excluding steroid dienone is 7. The number of rotatable bonds is 77. The molecule has 0 aromatic heterocycles. The van der Waals surface area contributed by atoms with Gasteiger partial charge in [-0.3, -0.25) is 9.59 Å². The van der Waals surface area contributed by atoms with Gasteiger partial charge in [-0.1, -0.05) is 396 Å². The Kier molecular flexibility index (Phi) is 77.3. The summed E-state index contributed by atoms with van der Waals surface area (Å²) < 4.78 is 5.51. The minimum atomic E-state index is -0.845. The first-order valence-corrected chi connectivity index (χ1v) is 40.9. The molecule has 0 aliphatic carbocycles. The van der Waals surface area contributed by atoms with E-state index in [-0.39, 0.29) is 18.5 Å². The maximum atomic E-state index is 12.6. The van der Waals surface area contributed by atoms with Crippen LogP contribution in [0.25, 0.3) is 0 Å². The van der Waals surface area contributed by atoms with Crippen molar-refractivity contribution in [3.63, 3.8) is 0 Å². The van der Waals surface area contributed by atoms with Crippen LogP contribution in [0.15, 0.2) is 48.6 Å². The second kappa shape index (κ2) is 79.3. The SMILES string of the molecule is CCCCCC/C=C\C/C=C\CCCCCCCCCC(=O)OCCCCCCCCCCCCCC/C=C\CCCCCCCCCCCCCCCCCC(=O)NC(CO)C(O)/C=C/CCCCCCCCCCCCCCCCCCCCCCCC. The highest BCUT2D eigenvalue weighted by molar-refractivity contribution is 5.76. The summed E-state index contributed by atoms with van der Waals surface area (Å²) in [6.07, 6.45) is 105. The van der Waals surface area contributed by atoms with Crippen LogP contribution in [0, 0.1) is 0 Å². The number of amides is 1. The van der Waals surface area contributed by atoms with Gasteiger partial charge in [-0.2, -0.15) is 0 Å². The van der Waals surface area contributed by atoms with Crippen molar-refractivity contribution >= 4 is 11.9 Å². The lowest BCUT2D eigenvalue weighted by atomic mass is 10.0. The monoisotopic (exact) mass is 1260 g/mol. The largest absolute Gasteiger partial charge is 0.466 e. The van der Waals surface area contributed by atoms with Gasteiger partial charge in [0.05, 0.1) is 25.4 Å². The number of carbonyl (C=O) groups is 2. The van der Waals surface area contributed by atoms with Gasteiger partial charge >= 0.3 is 5.97 Å². The van der Waals surface area contributed by atoms with Gasteiger partial charge in [0.2, 0.25) is 5.91 Å². The number of esters is 1. The molecule has 0 heterocycles. The van der Waals surface area contributed by atoms with E-state index in [1.165, 1.54) is 372 Å². The van der Waals surface area contributed by atoms with E-state index in [9.17, 15) is 19.8 Å². The molecular weight excluding hydrogens is 1100 g/mol. The minimum absolute atomic E-state index is 0.0107. The molecule has 2 atom stereocenters. The maximum absolute atomic E-state index is 12.6. The van der Waals surface area contributed by atoms with E-state index in [1.54, 1.807) is 6.08 Å². The summed E-state index contributed by atoms with van der Waals surface area (Å²) in [6, 6.07) is -0.629. The molecule has 6 nitrogen and oxygen atoms in total. The van der Waals surface area contributed by atoms with Crippen LogP contribution in [-0.4, -0.2) is 47.4 Å². The number of hydrogen-bond donors (Lipinski definition) is 3. The van der Waals surface area contributed by atoms with Crippen molar-refractivity contribution < 1.29 is 24.5 Å². The smallest absolute Gasteiger partial charge is 0.305 e. The van der Waals surface area contributed by atoms with Gasteiger partial charge in [-0.15, -0.1) is 0 Å². The van der Waals surface area contributed by atoms with E-state index < -0.39 is 12.1 Å². The molecule has 90 heavy (non-hydrogen) atoms. The lowest BCUT2D eigenvalue weighted by molar-refractivity contribution is -0.143. The molecule has 0 radical (unpaired) electrons. The highest BCUT2D eigenvalue weighted by Gasteiger charge is 2.18. The third-order valence-electron chi connectivity index (χ3n) is 19.1. The van der Waals surface area contributed by atoms with Gasteiger partial charge in [0, 0.05) is 12.8 Å². The van der Waals surface area contributed by atoms with Crippen LogP contribution >= 0.6 is 0 Å². The van der Waals surface area contributed by atoms with Crippen molar-refractivity contribution in [3.8, 4) is 0 Å². The molecule has 0 saturated heterocycles. The van der Waals surface area contributed by atoms with E-state index in [1.807, 2.05) is 6.08 Å². The fraction of sp³-hybridized carbons (Fsp3) is 0.881. The number of nitrogens with one attached hydrogen (secondary N) is 1. The van der Waals surface area contributed by atoms with E-state index in [0.29, 0.717) is 19.4 Å². The molecule has 0 rings (SSSR count). The number of carbonyl (C=O) groups excluding carboxylic acids is 2. The van der Waals surface area contributed by atoms with Crippen LogP contribution in [0.1, 0.15) is 450 Å². The Bertz CT molecular complexity index is 1500. The summed E-state index contributed by atoms with van der Waals surface area (Å²) in [5.41, 5.74) is 0. The Labute approximate surface area is 563 Å². The summed E-state index contributed by atoms with van der Waals surface area (Å²) in [6.45, 7) is 4.93. The van der Waals surface area contributed by atoms with Gasteiger partial charge in [0.1, 0.15) is 0 Å². The summed E-state index contributed by atoms with van der Waals surface area (Å²) >= 11 is 0. The topological polar surface area (TPSA) is 95.9 Å². The molecule has 0 spiro atoms. The molecular formula is C84H159NO5.